The van der Waals surface area contributed by atoms with Gasteiger partial charge in [-0.05, 0) is 31.4 Å². The monoisotopic (exact) mass is 401 g/mol. The van der Waals surface area contributed by atoms with Crippen LogP contribution in [-0.4, -0.2) is 36.3 Å². The van der Waals surface area contributed by atoms with E-state index in [1.807, 2.05) is 0 Å². The van der Waals surface area contributed by atoms with Crippen molar-refractivity contribution in [3.05, 3.63) is 40.3 Å². The number of imidazole rings is 1. The van der Waals surface area contributed by atoms with Crippen molar-refractivity contribution in [2.45, 2.75) is 44.2 Å². The fourth-order valence-corrected chi connectivity index (χ4v) is 4.22. The number of carbonyl (C=O) groups excluding carboxylic acids is 1. The van der Waals surface area contributed by atoms with Crippen LogP contribution in [0.15, 0.2) is 23.5 Å². The zero-order valence-corrected chi connectivity index (χ0v) is 15.4. The Morgan fingerprint density at radius 3 is 2.66 bits per heavy atom. The number of hydrogen-bond donors (Lipinski definition) is 3. The maximum absolute atomic E-state index is 13.7. The number of rotatable bonds is 2. The van der Waals surface area contributed by atoms with Crippen molar-refractivity contribution in [2.24, 2.45) is 0 Å². The standard InChI is InChI=1S/C18H17F2N7O2/c1-9-6-10(25-14-11-13(22-7-21-11)23-8-24-14)16(29)27-12(9)15(28)26-18(27)4-2-17(19,20)3-5-18/h6-8H,2-5H2,1H3,(H,26,28)(H2,21,22,23,24,25). The van der Waals surface area contributed by atoms with E-state index in [4.69, 9.17) is 0 Å². The van der Waals surface area contributed by atoms with Crippen LogP contribution in [0.1, 0.15) is 41.7 Å². The van der Waals surface area contributed by atoms with Gasteiger partial charge in [-0.1, -0.05) is 0 Å². The highest BCUT2D eigenvalue weighted by Crippen LogP contribution is 2.43. The first-order chi connectivity index (χ1) is 13.8. The molecule has 29 heavy (non-hydrogen) atoms. The Morgan fingerprint density at radius 2 is 1.90 bits per heavy atom. The quantitative estimate of drug-likeness (QED) is 0.606. The van der Waals surface area contributed by atoms with Crippen molar-refractivity contribution in [1.82, 2.24) is 29.8 Å². The molecule has 1 fully saturated rings. The molecular weight excluding hydrogens is 384 g/mol. The fourth-order valence-electron chi connectivity index (χ4n) is 4.22. The van der Waals surface area contributed by atoms with Gasteiger partial charge in [0.15, 0.2) is 11.5 Å². The summed E-state index contributed by atoms with van der Waals surface area (Å²) in [6.07, 6.45) is 1.97. The molecule has 0 radical (unpaired) electrons. The van der Waals surface area contributed by atoms with Gasteiger partial charge in [0.2, 0.25) is 5.92 Å². The van der Waals surface area contributed by atoms with Crippen molar-refractivity contribution in [3.8, 4) is 0 Å². The summed E-state index contributed by atoms with van der Waals surface area (Å²) in [6.45, 7) is 1.71. The maximum Gasteiger partial charge on any atom is 0.276 e. The SMILES string of the molecule is Cc1cc(Nc2ncnc3nc[nH]c23)c(=O)n2c1C(=O)NC21CCC(F)(F)CC1. The highest BCUT2D eigenvalue weighted by atomic mass is 19.3. The molecule has 150 valence electrons. The van der Waals surface area contributed by atoms with Crippen LogP contribution in [0.25, 0.3) is 11.2 Å². The Morgan fingerprint density at radius 1 is 1.14 bits per heavy atom. The molecule has 0 unspecified atom stereocenters. The normalized spacial score (nSPS) is 19.3. The van der Waals surface area contributed by atoms with Crippen LogP contribution in [-0.2, 0) is 5.66 Å². The van der Waals surface area contributed by atoms with Crippen LogP contribution in [0.5, 0.6) is 0 Å². The lowest BCUT2D eigenvalue weighted by molar-refractivity contribution is -0.0667. The van der Waals surface area contributed by atoms with Gasteiger partial charge in [0.1, 0.15) is 28.9 Å². The van der Waals surface area contributed by atoms with E-state index in [9.17, 15) is 18.4 Å². The minimum Gasteiger partial charge on any atom is -0.340 e. The van der Waals surface area contributed by atoms with Crippen molar-refractivity contribution < 1.29 is 13.6 Å². The summed E-state index contributed by atoms with van der Waals surface area (Å²) in [5.41, 5.74) is 0.311. The van der Waals surface area contributed by atoms with E-state index in [1.54, 1.807) is 13.0 Å². The summed E-state index contributed by atoms with van der Waals surface area (Å²) < 4.78 is 28.8. The number of anilines is 2. The number of H-pyrrole nitrogens is 1. The third-order valence-corrected chi connectivity index (χ3v) is 5.67. The first-order valence-electron chi connectivity index (χ1n) is 9.18. The Labute approximate surface area is 162 Å². The van der Waals surface area contributed by atoms with Crippen LogP contribution in [0.2, 0.25) is 0 Å². The number of amides is 1. The average Bonchev–Trinajstić information content (AvgIpc) is 3.26. The summed E-state index contributed by atoms with van der Waals surface area (Å²) in [4.78, 5) is 41.0. The Bertz CT molecular complexity index is 1210. The van der Waals surface area contributed by atoms with Gasteiger partial charge in [-0.25, -0.2) is 23.7 Å². The number of aromatic nitrogens is 5. The highest BCUT2D eigenvalue weighted by molar-refractivity contribution is 5.97. The molecule has 0 bridgehead atoms. The molecule has 0 atom stereocenters. The summed E-state index contributed by atoms with van der Waals surface area (Å²) in [5, 5.41) is 5.77. The van der Waals surface area contributed by atoms with E-state index < -0.39 is 35.9 Å². The summed E-state index contributed by atoms with van der Waals surface area (Å²) in [7, 11) is 0. The minimum atomic E-state index is -2.79. The van der Waals surface area contributed by atoms with Gasteiger partial charge >= 0.3 is 0 Å². The number of halogens is 2. The average molecular weight is 401 g/mol. The maximum atomic E-state index is 13.7. The number of pyridine rings is 1. The lowest BCUT2D eigenvalue weighted by Crippen LogP contribution is -2.51. The molecule has 1 amide bonds. The molecule has 1 aliphatic carbocycles. The molecular formula is C18H17F2N7O2. The topological polar surface area (TPSA) is 118 Å². The second-order valence-electron chi connectivity index (χ2n) is 7.52. The van der Waals surface area contributed by atoms with Gasteiger partial charge in [-0.2, -0.15) is 0 Å². The van der Waals surface area contributed by atoms with Crippen LogP contribution in [0.4, 0.5) is 20.3 Å². The van der Waals surface area contributed by atoms with Gasteiger partial charge in [0, 0.05) is 12.8 Å². The van der Waals surface area contributed by atoms with E-state index in [0.717, 1.165) is 0 Å². The highest BCUT2D eigenvalue weighted by Gasteiger charge is 2.50. The molecule has 0 saturated heterocycles. The van der Waals surface area contributed by atoms with E-state index in [2.05, 4.69) is 30.6 Å². The molecule has 1 spiro atoms. The fraction of sp³-hybridized carbons (Fsp3) is 0.389. The molecule has 1 aliphatic heterocycles. The van der Waals surface area contributed by atoms with Gasteiger partial charge < -0.3 is 15.6 Å². The molecule has 0 aromatic carbocycles. The van der Waals surface area contributed by atoms with Crippen LogP contribution >= 0.6 is 0 Å². The lowest BCUT2D eigenvalue weighted by atomic mass is 9.86. The summed E-state index contributed by atoms with van der Waals surface area (Å²) in [5.74, 6) is -2.86. The zero-order chi connectivity index (χ0) is 20.4. The second-order valence-corrected chi connectivity index (χ2v) is 7.52. The summed E-state index contributed by atoms with van der Waals surface area (Å²) >= 11 is 0. The number of aromatic amines is 1. The van der Waals surface area contributed by atoms with Crippen molar-refractivity contribution in [3.63, 3.8) is 0 Å². The number of alkyl halides is 2. The first-order valence-corrected chi connectivity index (χ1v) is 9.18. The van der Waals surface area contributed by atoms with E-state index in [0.29, 0.717) is 22.5 Å². The van der Waals surface area contributed by atoms with Crippen LogP contribution in [0, 0.1) is 6.92 Å². The first kappa shape index (κ1) is 17.7. The van der Waals surface area contributed by atoms with Gasteiger partial charge in [0.25, 0.3) is 11.5 Å². The molecule has 4 heterocycles. The molecule has 3 N–H and O–H groups in total. The third kappa shape index (κ3) is 2.60. The Balaban J connectivity index is 1.63. The van der Waals surface area contributed by atoms with Crippen LogP contribution in [0.3, 0.4) is 0 Å². The van der Waals surface area contributed by atoms with Crippen LogP contribution < -0.4 is 16.2 Å². The second kappa shape index (κ2) is 5.82. The number of nitrogens with zero attached hydrogens (tertiary/aromatic N) is 4. The van der Waals surface area contributed by atoms with Crippen molar-refractivity contribution in [1.29, 1.82) is 0 Å². The predicted molar refractivity (Wildman–Crippen MR) is 99.3 cm³/mol. The number of nitrogens with one attached hydrogen (secondary N) is 3. The number of hydrogen-bond acceptors (Lipinski definition) is 6. The molecule has 1 saturated carbocycles. The van der Waals surface area contributed by atoms with E-state index in [1.165, 1.54) is 17.2 Å². The number of aryl methyl sites for hydroxylation is 1. The molecule has 5 rings (SSSR count). The zero-order valence-electron chi connectivity index (χ0n) is 15.4. The Kier molecular flexibility index (Phi) is 3.55. The predicted octanol–water partition coefficient (Wildman–Crippen LogP) is 2.17. The van der Waals surface area contributed by atoms with E-state index in [-0.39, 0.29) is 24.2 Å². The van der Waals surface area contributed by atoms with Crippen molar-refractivity contribution >= 4 is 28.6 Å². The van der Waals surface area contributed by atoms with Crippen molar-refractivity contribution in [2.75, 3.05) is 5.32 Å². The Hall–Kier alpha value is -3.37. The molecule has 3 aromatic rings. The lowest BCUT2D eigenvalue weighted by Gasteiger charge is -2.38. The largest absolute Gasteiger partial charge is 0.340 e. The smallest absolute Gasteiger partial charge is 0.276 e. The van der Waals surface area contributed by atoms with Gasteiger partial charge in [0.05, 0.1) is 6.33 Å². The summed E-state index contributed by atoms with van der Waals surface area (Å²) in [6, 6.07) is 1.56. The van der Waals surface area contributed by atoms with E-state index >= 15 is 0 Å². The molecule has 2 aliphatic rings. The number of fused-ring (bicyclic) bond motifs is 3. The van der Waals surface area contributed by atoms with Gasteiger partial charge in [-0.15, -0.1) is 0 Å². The molecule has 11 heteroatoms. The third-order valence-electron chi connectivity index (χ3n) is 5.67. The molecule has 9 nitrogen and oxygen atoms in total. The van der Waals surface area contributed by atoms with Gasteiger partial charge in [-0.3, -0.25) is 14.2 Å². The molecule has 3 aromatic heterocycles. The number of carbonyl (C=O) groups is 1. The minimum absolute atomic E-state index is 0.0140.